The van der Waals surface area contributed by atoms with E-state index in [0.717, 1.165) is 13.0 Å². The van der Waals surface area contributed by atoms with E-state index in [4.69, 9.17) is 10.00 Å². The summed E-state index contributed by atoms with van der Waals surface area (Å²) in [5, 5.41) is 21.6. The summed E-state index contributed by atoms with van der Waals surface area (Å²) >= 11 is 0. The van der Waals surface area contributed by atoms with E-state index in [1.807, 2.05) is 6.07 Å². The van der Waals surface area contributed by atoms with Crippen LogP contribution in [0.3, 0.4) is 0 Å². The molecule has 0 amide bonds. The van der Waals surface area contributed by atoms with E-state index in [-0.39, 0.29) is 6.61 Å². The number of aliphatic hydroxyl groups excluding tert-OH is 1. The van der Waals surface area contributed by atoms with Crippen molar-refractivity contribution in [2.75, 3.05) is 31.7 Å². The summed E-state index contributed by atoms with van der Waals surface area (Å²) in [7, 11) is -0.765. The fraction of sp³-hybridized carbons (Fsp3) is 0.500. The number of aliphatic hydroxyl groups is 1. The Morgan fingerprint density at radius 1 is 1.55 bits per heavy atom. The number of rotatable bonds is 9. The molecule has 110 valence electrons. The smallest absolute Gasteiger partial charge is 0.120 e. The van der Waals surface area contributed by atoms with E-state index < -0.39 is 16.9 Å². The van der Waals surface area contributed by atoms with Gasteiger partial charge < -0.3 is 15.2 Å². The number of hydrogen-bond donors (Lipinski definition) is 2. The molecule has 20 heavy (non-hydrogen) atoms. The third-order valence-electron chi connectivity index (χ3n) is 2.57. The molecule has 0 fully saturated rings. The largest absolute Gasteiger partial charge is 0.491 e. The van der Waals surface area contributed by atoms with Crippen molar-refractivity contribution < 1.29 is 14.1 Å². The molecule has 1 aromatic carbocycles. The van der Waals surface area contributed by atoms with Crippen LogP contribution >= 0.6 is 0 Å². The fourth-order valence-corrected chi connectivity index (χ4v) is 2.13. The van der Waals surface area contributed by atoms with Crippen LogP contribution in [0.4, 0.5) is 0 Å². The summed E-state index contributed by atoms with van der Waals surface area (Å²) in [4.78, 5) is 0. The summed E-state index contributed by atoms with van der Waals surface area (Å²) in [6, 6.07) is 8.85. The van der Waals surface area contributed by atoms with Crippen LogP contribution in [0.1, 0.15) is 12.0 Å². The van der Waals surface area contributed by atoms with Crippen molar-refractivity contribution in [3.63, 3.8) is 0 Å². The molecule has 0 aromatic heterocycles. The maximum absolute atomic E-state index is 10.8. The Morgan fingerprint density at radius 3 is 3.05 bits per heavy atom. The van der Waals surface area contributed by atoms with Crippen LogP contribution in [0.5, 0.6) is 5.75 Å². The number of benzene rings is 1. The standard InChI is InChI=1S/C14H20N2O3S/c1-20(18)7-3-6-16-10-13(17)11-19-14-5-2-4-12(8-14)9-15/h2,4-5,8,13,16-17H,3,6-7,10-11H2,1H3. The van der Waals surface area contributed by atoms with Crippen molar-refractivity contribution in [3.05, 3.63) is 29.8 Å². The molecule has 1 rings (SSSR count). The van der Waals surface area contributed by atoms with Gasteiger partial charge in [0.25, 0.3) is 0 Å². The quantitative estimate of drug-likeness (QED) is 0.654. The molecular formula is C14H20N2O3S. The Morgan fingerprint density at radius 2 is 2.35 bits per heavy atom. The summed E-state index contributed by atoms with van der Waals surface area (Å²) in [5.74, 6) is 1.24. The Kier molecular flexibility index (Phi) is 7.88. The lowest BCUT2D eigenvalue weighted by molar-refractivity contribution is 0.106. The van der Waals surface area contributed by atoms with Gasteiger partial charge >= 0.3 is 0 Å². The van der Waals surface area contributed by atoms with E-state index in [1.165, 1.54) is 0 Å². The molecule has 2 atom stereocenters. The predicted octanol–water partition coefficient (Wildman–Crippen LogP) is 0.656. The lowest BCUT2D eigenvalue weighted by atomic mass is 10.2. The van der Waals surface area contributed by atoms with Gasteiger partial charge in [0.2, 0.25) is 0 Å². The number of nitrogens with one attached hydrogen (secondary N) is 1. The van der Waals surface area contributed by atoms with Crippen LogP contribution in [-0.4, -0.2) is 47.1 Å². The number of nitriles is 1. The monoisotopic (exact) mass is 296 g/mol. The van der Waals surface area contributed by atoms with Gasteiger partial charge in [-0.2, -0.15) is 5.26 Å². The van der Waals surface area contributed by atoms with Gasteiger partial charge in [-0.1, -0.05) is 6.07 Å². The molecule has 0 aliphatic rings. The normalized spacial score (nSPS) is 13.4. The topological polar surface area (TPSA) is 82.3 Å². The van der Waals surface area contributed by atoms with Crippen molar-refractivity contribution in [2.24, 2.45) is 0 Å². The number of nitrogens with zero attached hydrogens (tertiary/aromatic N) is 1. The third-order valence-corrected chi connectivity index (χ3v) is 3.43. The lowest BCUT2D eigenvalue weighted by Gasteiger charge is -2.13. The maximum Gasteiger partial charge on any atom is 0.120 e. The molecule has 0 heterocycles. The molecule has 0 spiro atoms. The average molecular weight is 296 g/mol. The van der Waals surface area contributed by atoms with Crippen LogP contribution in [-0.2, 0) is 10.8 Å². The zero-order valence-corrected chi connectivity index (χ0v) is 12.4. The van der Waals surface area contributed by atoms with Crippen molar-refractivity contribution >= 4 is 10.8 Å². The fourth-order valence-electron chi connectivity index (χ4n) is 1.58. The van der Waals surface area contributed by atoms with Gasteiger partial charge in [0.15, 0.2) is 0 Å². The van der Waals surface area contributed by atoms with Crippen LogP contribution in [0.15, 0.2) is 24.3 Å². The first-order valence-corrected chi connectivity index (χ1v) is 8.16. The zero-order chi connectivity index (χ0) is 14.8. The Balaban J connectivity index is 2.17. The van der Waals surface area contributed by atoms with Crippen molar-refractivity contribution in [1.29, 1.82) is 5.26 Å². The molecule has 6 heteroatoms. The summed E-state index contributed by atoms with van der Waals surface area (Å²) in [6.07, 6.45) is 1.88. The molecule has 2 unspecified atom stereocenters. The summed E-state index contributed by atoms with van der Waals surface area (Å²) < 4.78 is 16.3. The highest BCUT2D eigenvalue weighted by Gasteiger charge is 2.05. The molecule has 0 saturated carbocycles. The second-order valence-corrected chi connectivity index (χ2v) is 5.99. The Hall–Kier alpha value is -1.42. The van der Waals surface area contributed by atoms with Crippen LogP contribution in [0.2, 0.25) is 0 Å². The van der Waals surface area contributed by atoms with Gasteiger partial charge in [0.1, 0.15) is 18.5 Å². The molecule has 0 aliphatic carbocycles. The number of ether oxygens (including phenoxy) is 1. The Bertz CT molecular complexity index is 474. The number of hydrogen-bond acceptors (Lipinski definition) is 5. The van der Waals surface area contributed by atoms with Gasteiger partial charge in [-0.05, 0) is 31.2 Å². The highest BCUT2D eigenvalue weighted by Crippen LogP contribution is 2.12. The lowest BCUT2D eigenvalue weighted by Crippen LogP contribution is -2.32. The summed E-state index contributed by atoms with van der Waals surface area (Å²) in [6.45, 7) is 1.32. The van der Waals surface area contributed by atoms with Crippen LogP contribution in [0.25, 0.3) is 0 Å². The van der Waals surface area contributed by atoms with Gasteiger partial charge in [-0.3, -0.25) is 4.21 Å². The van der Waals surface area contributed by atoms with Crippen molar-refractivity contribution in [3.8, 4) is 11.8 Å². The van der Waals surface area contributed by atoms with Gasteiger partial charge in [-0.15, -0.1) is 0 Å². The minimum absolute atomic E-state index is 0.168. The van der Waals surface area contributed by atoms with Crippen molar-refractivity contribution in [1.82, 2.24) is 5.32 Å². The second kappa shape index (κ2) is 9.48. The van der Waals surface area contributed by atoms with E-state index >= 15 is 0 Å². The van der Waals surface area contributed by atoms with Gasteiger partial charge in [-0.25, -0.2) is 0 Å². The Labute approximate surface area is 122 Å². The molecule has 0 aliphatic heterocycles. The predicted molar refractivity (Wildman–Crippen MR) is 79.1 cm³/mol. The van der Waals surface area contributed by atoms with Gasteiger partial charge in [0, 0.05) is 29.4 Å². The second-order valence-electron chi connectivity index (χ2n) is 4.44. The first-order valence-electron chi connectivity index (χ1n) is 6.43. The van der Waals surface area contributed by atoms with E-state index in [0.29, 0.717) is 23.6 Å². The molecule has 0 bridgehead atoms. The van der Waals surface area contributed by atoms with Crippen LogP contribution in [0, 0.1) is 11.3 Å². The zero-order valence-electron chi connectivity index (χ0n) is 11.5. The highest BCUT2D eigenvalue weighted by molar-refractivity contribution is 7.84. The highest BCUT2D eigenvalue weighted by atomic mass is 32.2. The van der Waals surface area contributed by atoms with E-state index in [2.05, 4.69) is 5.32 Å². The van der Waals surface area contributed by atoms with Crippen LogP contribution < -0.4 is 10.1 Å². The first kappa shape index (κ1) is 16.6. The molecule has 5 nitrogen and oxygen atoms in total. The van der Waals surface area contributed by atoms with Crippen molar-refractivity contribution in [2.45, 2.75) is 12.5 Å². The van der Waals surface area contributed by atoms with E-state index in [9.17, 15) is 9.32 Å². The van der Waals surface area contributed by atoms with Gasteiger partial charge in [0.05, 0.1) is 11.6 Å². The third kappa shape index (κ3) is 7.24. The SMILES string of the molecule is CS(=O)CCCNCC(O)COc1cccc(C#N)c1. The molecule has 0 saturated heterocycles. The first-order chi connectivity index (χ1) is 9.61. The molecule has 0 radical (unpaired) electrons. The molecule has 2 N–H and O–H groups in total. The minimum Gasteiger partial charge on any atom is -0.491 e. The summed E-state index contributed by atoms with van der Waals surface area (Å²) in [5.41, 5.74) is 0.530. The van der Waals surface area contributed by atoms with E-state index in [1.54, 1.807) is 30.5 Å². The average Bonchev–Trinajstić information content (AvgIpc) is 2.44. The molecular weight excluding hydrogens is 276 g/mol. The minimum atomic E-state index is -0.765. The maximum atomic E-state index is 10.8. The molecule has 1 aromatic rings.